The number of nitrogens with one attached hydrogen (secondary N) is 2. The van der Waals surface area contributed by atoms with E-state index in [-0.39, 0.29) is 35.9 Å². The summed E-state index contributed by atoms with van der Waals surface area (Å²) < 4.78 is 26.4. The first-order chi connectivity index (χ1) is 17.1. The zero-order chi connectivity index (χ0) is 26.0. The lowest BCUT2D eigenvalue weighted by atomic mass is 10.0. The first kappa shape index (κ1) is 25.7. The van der Waals surface area contributed by atoms with E-state index in [2.05, 4.69) is 26.6 Å². The van der Waals surface area contributed by atoms with Gasteiger partial charge in [-0.2, -0.15) is 4.98 Å². The molecule has 3 aromatic rings. The topological polar surface area (TPSA) is 195 Å². The molecule has 0 bridgehead atoms. The van der Waals surface area contributed by atoms with Crippen LogP contribution in [0.25, 0.3) is 11.2 Å². The van der Waals surface area contributed by atoms with Gasteiger partial charge < -0.3 is 25.0 Å². The Morgan fingerprint density at radius 3 is 2.83 bits per heavy atom. The molecule has 1 saturated carbocycles. The lowest BCUT2D eigenvalue weighted by molar-refractivity contribution is -0.123. The monoisotopic (exact) mass is 518 g/mol. The molecule has 2 aromatic heterocycles. The maximum Gasteiger partial charge on any atom is 0.459 e. The van der Waals surface area contributed by atoms with Gasteiger partial charge in [-0.3, -0.25) is 19.1 Å². The number of benzene rings is 1. The molecule has 0 amide bonds. The SMILES string of the molecule is C=C1[C@H](CO[P@@](=O)(N[C@@H](C)C(=O)CO)Oc2ccccc2)[C@@H](O)C[C@@H]1n1cnc2c(=O)[nH]c(N)nc21. The number of para-hydroxylation sites is 1. The van der Waals surface area contributed by atoms with E-state index in [9.17, 15) is 19.3 Å². The molecule has 13 nitrogen and oxygen atoms in total. The van der Waals surface area contributed by atoms with Gasteiger partial charge in [0.15, 0.2) is 16.9 Å². The Morgan fingerprint density at radius 2 is 2.14 bits per heavy atom. The van der Waals surface area contributed by atoms with Gasteiger partial charge in [0.25, 0.3) is 5.56 Å². The second-order valence-electron chi connectivity index (χ2n) is 8.45. The number of fused-ring (bicyclic) bond motifs is 1. The molecule has 1 aliphatic carbocycles. The highest BCUT2D eigenvalue weighted by Gasteiger charge is 2.41. The van der Waals surface area contributed by atoms with Crippen molar-refractivity contribution in [3.05, 3.63) is 59.2 Å². The maximum absolute atomic E-state index is 13.6. The number of aromatic amines is 1. The molecule has 0 radical (unpaired) electrons. The average molecular weight is 518 g/mol. The number of nitrogens with zero attached hydrogens (tertiary/aromatic N) is 3. The van der Waals surface area contributed by atoms with Crippen LogP contribution in [0.3, 0.4) is 0 Å². The van der Waals surface area contributed by atoms with Crippen LogP contribution in [0.2, 0.25) is 0 Å². The van der Waals surface area contributed by atoms with Gasteiger partial charge in [-0.05, 0) is 31.1 Å². The summed E-state index contributed by atoms with van der Waals surface area (Å²) in [5.41, 5.74) is 6.06. The minimum absolute atomic E-state index is 0.0742. The third-order valence-corrected chi connectivity index (χ3v) is 7.65. The van der Waals surface area contributed by atoms with Crippen LogP contribution >= 0.6 is 7.75 Å². The van der Waals surface area contributed by atoms with Gasteiger partial charge in [-0.25, -0.2) is 14.6 Å². The predicted molar refractivity (Wildman–Crippen MR) is 130 cm³/mol. The molecule has 1 aliphatic rings. The van der Waals surface area contributed by atoms with Crippen LogP contribution in [0.15, 0.2) is 53.6 Å². The minimum atomic E-state index is -4.13. The smallest absolute Gasteiger partial charge is 0.413 e. The Labute approximate surface area is 205 Å². The number of carbonyl (C=O) groups is 1. The summed E-state index contributed by atoms with van der Waals surface area (Å²) in [4.78, 5) is 34.6. The van der Waals surface area contributed by atoms with E-state index >= 15 is 0 Å². The molecular formula is C22H27N6O7P. The lowest BCUT2D eigenvalue weighted by Gasteiger charge is -2.25. The highest BCUT2D eigenvalue weighted by molar-refractivity contribution is 7.52. The molecule has 6 N–H and O–H groups in total. The highest BCUT2D eigenvalue weighted by Crippen LogP contribution is 2.48. The number of aliphatic hydroxyl groups excluding tert-OH is 2. The van der Waals surface area contributed by atoms with Gasteiger partial charge in [-0.1, -0.05) is 24.8 Å². The molecule has 4 rings (SSSR count). The fourth-order valence-corrected chi connectivity index (χ4v) is 5.61. The second-order valence-corrected chi connectivity index (χ2v) is 10.1. The average Bonchev–Trinajstić information content (AvgIpc) is 3.37. The van der Waals surface area contributed by atoms with Crippen LogP contribution in [0, 0.1) is 5.92 Å². The number of H-pyrrole nitrogens is 1. The van der Waals surface area contributed by atoms with Crippen LogP contribution < -0.4 is 20.9 Å². The maximum atomic E-state index is 13.6. The molecule has 1 aromatic carbocycles. The van der Waals surface area contributed by atoms with Gasteiger partial charge in [0, 0.05) is 5.92 Å². The normalized spacial score (nSPS) is 22.4. The van der Waals surface area contributed by atoms with Gasteiger partial charge in [0.2, 0.25) is 5.95 Å². The number of anilines is 1. The molecule has 192 valence electrons. The van der Waals surface area contributed by atoms with E-state index in [4.69, 9.17) is 19.9 Å². The summed E-state index contributed by atoms with van der Waals surface area (Å²) >= 11 is 0. The van der Waals surface area contributed by atoms with Gasteiger partial charge in [-0.15, -0.1) is 0 Å². The van der Waals surface area contributed by atoms with E-state index in [1.54, 1.807) is 34.9 Å². The molecule has 36 heavy (non-hydrogen) atoms. The number of imidazole rings is 1. The zero-order valence-corrected chi connectivity index (χ0v) is 20.3. The van der Waals surface area contributed by atoms with Crippen LogP contribution in [0.4, 0.5) is 5.95 Å². The molecule has 5 atom stereocenters. The Morgan fingerprint density at radius 1 is 1.42 bits per heavy atom. The van der Waals surface area contributed by atoms with Crippen molar-refractivity contribution in [2.75, 3.05) is 18.9 Å². The van der Waals surface area contributed by atoms with Crippen LogP contribution in [0.5, 0.6) is 5.75 Å². The Kier molecular flexibility index (Phi) is 7.38. The van der Waals surface area contributed by atoms with Crippen molar-refractivity contribution in [1.82, 2.24) is 24.6 Å². The summed E-state index contributed by atoms with van der Waals surface area (Å²) in [6, 6.07) is 6.73. The molecule has 0 unspecified atom stereocenters. The first-order valence-corrected chi connectivity index (χ1v) is 12.7. The summed E-state index contributed by atoms with van der Waals surface area (Å²) in [5, 5.41) is 22.5. The summed E-state index contributed by atoms with van der Waals surface area (Å²) in [6.45, 7) is 4.51. The van der Waals surface area contributed by atoms with E-state index in [0.717, 1.165) is 0 Å². The van der Waals surface area contributed by atoms with Crippen molar-refractivity contribution in [2.45, 2.75) is 31.5 Å². The number of nitrogen functional groups attached to an aromatic ring is 1. The number of aromatic nitrogens is 4. The van der Waals surface area contributed by atoms with Crippen molar-refractivity contribution in [2.24, 2.45) is 5.92 Å². The lowest BCUT2D eigenvalue weighted by Crippen LogP contribution is -2.36. The Balaban J connectivity index is 1.54. The third-order valence-electron chi connectivity index (χ3n) is 6.00. The van der Waals surface area contributed by atoms with E-state index < -0.39 is 49.8 Å². The summed E-state index contributed by atoms with van der Waals surface area (Å²) in [6.07, 6.45) is 0.704. The fourth-order valence-electron chi connectivity index (χ4n) is 4.05. The largest absolute Gasteiger partial charge is 0.459 e. The highest BCUT2D eigenvalue weighted by atomic mass is 31.2. The molecule has 0 saturated heterocycles. The van der Waals surface area contributed by atoms with Crippen molar-refractivity contribution >= 4 is 30.6 Å². The second kappa shape index (κ2) is 10.3. The number of hydrogen-bond acceptors (Lipinski definition) is 10. The number of hydrogen-bond donors (Lipinski definition) is 5. The molecule has 1 fully saturated rings. The van der Waals surface area contributed by atoms with Crippen LogP contribution in [0.1, 0.15) is 19.4 Å². The van der Waals surface area contributed by atoms with Crippen molar-refractivity contribution < 1.29 is 28.6 Å². The number of aliphatic hydroxyl groups is 2. The number of nitrogens with two attached hydrogens (primary N) is 1. The predicted octanol–water partition coefficient (Wildman–Crippen LogP) is 0.923. The van der Waals surface area contributed by atoms with Gasteiger partial charge >= 0.3 is 7.75 Å². The van der Waals surface area contributed by atoms with Crippen LogP contribution in [-0.2, 0) is 13.9 Å². The molecule has 0 spiro atoms. The number of Topliss-reactive ketones (excluding diaryl/α,β-unsaturated/α-hetero) is 1. The molecular weight excluding hydrogens is 491 g/mol. The quantitative estimate of drug-likeness (QED) is 0.189. The Bertz CT molecular complexity index is 1370. The van der Waals surface area contributed by atoms with Crippen molar-refractivity contribution in [1.29, 1.82) is 0 Å². The number of carbonyl (C=O) groups excluding carboxylic acids is 1. The first-order valence-electron chi connectivity index (χ1n) is 11.1. The number of rotatable bonds is 10. The van der Waals surface area contributed by atoms with Gasteiger partial charge in [0.1, 0.15) is 12.4 Å². The number of ketones is 1. The van der Waals surface area contributed by atoms with E-state index in [0.29, 0.717) is 5.57 Å². The van der Waals surface area contributed by atoms with E-state index in [1.165, 1.54) is 13.3 Å². The molecule has 0 aliphatic heterocycles. The molecule has 2 heterocycles. The van der Waals surface area contributed by atoms with Crippen molar-refractivity contribution in [3.8, 4) is 5.75 Å². The fraction of sp³-hybridized carbons (Fsp3) is 0.364. The van der Waals surface area contributed by atoms with Gasteiger partial charge in [0.05, 0.1) is 31.1 Å². The summed E-state index contributed by atoms with van der Waals surface area (Å²) in [5.74, 6) is -1.10. The van der Waals surface area contributed by atoms with E-state index in [1.807, 2.05) is 0 Å². The zero-order valence-electron chi connectivity index (χ0n) is 19.4. The summed E-state index contributed by atoms with van der Waals surface area (Å²) in [7, 11) is -4.13. The minimum Gasteiger partial charge on any atom is -0.413 e. The van der Waals surface area contributed by atoms with Crippen LogP contribution in [-0.4, -0.2) is 60.9 Å². The standard InChI is InChI=1S/C22H27N6O7P/c1-12-15(17(30)8-16(12)28-11-24-19-20(28)25-22(23)26-21(19)32)10-34-36(33,27-13(2)18(31)9-29)35-14-6-4-3-5-7-14/h3-7,11,13,15-17,29-30H,1,8-10H2,2H3,(H,27,33)(H3,23,25,26,32)/t13-,15-,16-,17-,36-/m0/s1. The molecule has 14 heteroatoms. The third kappa shape index (κ3) is 5.25. The van der Waals surface area contributed by atoms with Crippen molar-refractivity contribution in [3.63, 3.8) is 0 Å². The Hall–Kier alpha value is -3.35.